The molecule has 25 heavy (non-hydrogen) atoms. The maximum atomic E-state index is 12.3. The van der Waals surface area contributed by atoms with Crippen LogP contribution in [0.4, 0.5) is 5.69 Å². The molecular weight excluding hydrogens is 318 g/mol. The molecule has 5 heteroatoms. The van der Waals surface area contributed by atoms with E-state index in [2.05, 4.69) is 0 Å². The molecule has 0 bridgehead atoms. The van der Waals surface area contributed by atoms with Crippen LogP contribution in [0.25, 0.3) is 6.08 Å². The first-order valence-corrected chi connectivity index (χ1v) is 7.62. The first-order chi connectivity index (χ1) is 12.1. The van der Waals surface area contributed by atoms with E-state index >= 15 is 0 Å². The molecule has 2 aromatic rings. The summed E-state index contributed by atoms with van der Waals surface area (Å²) in [5.74, 6) is -0.282. The molecule has 1 aliphatic heterocycles. The summed E-state index contributed by atoms with van der Waals surface area (Å²) in [6, 6.07) is 13.7. The Bertz CT molecular complexity index is 876. The summed E-state index contributed by atoms with van der Waals surface area (Å²) in [5.41, 5.74) is 1.70. The molecule has 0 aromatic heterocycles. The molecule has 0 unspecified atom stereocenters. The number of para-hydroxylation sites is 1. The smallest absolute Gasteiger partial charge is 0.258 e. The number of hydrogen-bond acceptors (Lipinski definition) is 4. The van der Waals surface area contributed by atoms with Gasteiger partial charge in [-0.1, -0.05) is 18.2 Å². The number of rotatable bonds is 5. The molecule has 0 atom stereocenters. The van der Waals surface area contributed by atoms with Crippen LogP contribution < -0.4 is 9.64 Å². The van der Waals surface area contributed by atoms with Gasteiger partial charge in [0.05, 0.1) is 12.8 Å². The third-order valence-corrected chi connectivity index (χ3v) is 3.77. The molecule has 0 aliphatic carbocycles. The van der Waals surface area contributed by atoms with Gasteiger partial charge in [0.1, 0.15) is 5.75 Å². The Kier molecular flexibility index (Phi) is 4.57. The van der Waals surface area contributed by atoms with Crippen molar-refractivity contribution >= 4 is 29.4 Å². The molecule has 0 N–H and O–H groups in total. The quantitative estimate of drug-likeness (QED) is 0.479. The molecule has 0 fully saturated rings. The molecule has 0 saturated heterocycles. The van der Waals surface area contributed by atoms with Crippen molar-refractivity contribution in [3.8, 4) is 5.75 Å². The molecule has 0 saturated carbocycles. The zero-order chi connectivity index (χ0) is 17.8. The van der Waals surface area contributed by atoms with Crippen molar-refractivity contribution < 1.29 is 19.1 Å². The minimum atomic E-state index is -0.389. The zero-order valence-electron chi connectivity index (χ0n) is 13.5. The SMILES string of the molecule is COc1ccccc1/C=C/C(=O)c1ccc(N2C(=O)C=CC2=O)cc1. The van der Waals surface area contributed by atoms with Crippen LogP contribution in [0.15, 0.2) is 66.8 Å². The van der Waals surface area contributed by atoms with E-state index in [1.54, 1.807) is 37.5 Å². The first-order valence-electron chi connectivity index (χ1n) is 7.62. The third-order valence-electron chi connectivity index (χ3n) is 3.77. The molecular formula is C20H15NO4. The van der Waals surface area contributed by atoms with E-state index in [1.165, 1.54) is 18.2 Å². The Morgan fingerprint density at radius 2 is 1.60 bits per heavy atom. The third kappa shape index (κ3) is 3.40. The topological polar surface area (TPSA) is 63.7 Å². The Morgan fingerprint density at radius 1 is 0.960 bits per heavy atom. The fourth-order valence-corrected chi connectivity index (χ4v) is 2.50. The lowest BCUT2D eigenvalue weighted by molar-refractivity contribution is -0.119. The summed E-state index contributed by atoms with van der Waals surface area (Å²) in [7, 11) is 1.57. The highest BCUT2D eigenvalue weighted by atomic mass is 16.5. The molecule has 3 rings (SSSR count). The number of allylic oxidation sites excluding steroid dienone is 1. The van der Waals surface area contributed by atoms with Crippen molar-refractivity contribution in [2.24, 2.45) is 0 Å². The van der Waals surface area contributed by atoms with E-state index in [4.69, 9.17) is 4.74 Å². The van der Waals surface area contributed by atoms with E-state index in [9.17, 15) is 14.4 Å². The highest BCUT2D eigenvalue weighted by molar-refractivity contribution is 6.28. The molecule has 2 amide bonds. The summed E-state index contributed by atoms with van der Waals surface area (Å²) < 4.78 is 5.24. The van der Waals surface area contributed by atoms with Crippen molar-refractivity contribution in [2.75, 3.05) is 12.0 Å². The van der Waals surface area contributed by atoms with Crippen LogP contribution in [0, 0.1) is 0 Å². The summed E-state index contributed by atoms with van der Waals surface area (Å²) in [4.78, 5) is 36.6. The van der Waals surface area contributed by atoms with Gasteiger partial charge in [-0.2, -0.15) is 0 Å². The van der Waals surface area contributed by atoms with Crippen LogP contribution in [-0.2, 0) is 9.59 Å². The highest BCUT2D eigenvalue weighted by Crippen LogP contribution is 2.21. The largest absolute Gasteiger partial charge is 0.496 e. The van der Waals surface area contributed by atoms with E-state index in [0.717, 1.165) is 10.5 Å². The second-order valence-corrected chi connectivity index (χ2v) is 5.33. The predicted molar refractivity (Wildman–Crippen MR) is 94.4 cm³/mol. The minimum Gasteiger partial charge on any atom is -0.496 e. The number of hydrogen-bond donors (Lipinski definition) is 0. The number of methoxy groups -OCH3 is 1. The van der Waals surface area contributed by atoms with E-state index < -0.39 is 0 Å². The molecule has 1 aliphatic rings. The van der Waals surface area contributed by atoms with Crippen LogP contribution in [0.1, 0.15) is 15.9 Å². The number of amides is 2. The second kappa shape index (κ2) is 6.97. The fourth-order valence-electron chi connectivity index (χ4n) is 2.50. The Morgan fingerprint density at radius 3 is 2.24 bits per heavy atom. The van der Waals surface area contributed by atoms with Crippen molar-refractivity contribution in [2.45, 2.75) is 0 Å². The number of carbonyl (C=O) groups is 3. The van der Waals surface area contributed by atoms with Crippen LogP contribution in [0.3, 0.4) is 0 Å². The van der Waals surface area contributed by atoms with E-state index in [1.807, 2.05) is 24.3 Å². The van der Waals surface area contributed by atoms with Gasteiger partial charge in [-0.3, -0.25) is 14.4 Å². The van der Waals surface area contributed by atoms with Gasteiger partial charge in [-0.15, -0.1) is 0 Å². The van der Waals surface area contributed by atoms with E-state index in [0.29, 0.717) is 17.0 Å². The van der Waals surface area contributed by atoms with Crippen molar-refractivity contribution in [3.05, 3.63) is 77.9 Å². The van der Waals surface area contributed by atoms with Crippen LogP contribution in [0.2, 0.25) is 0 Å². The van der Waals surface area contributed by atoms with Gasteiger partial charge in [0.15, 0.2) is 5.78 Å². The predicted octanol–water partition coefficient (Wildman–Crippen LogP) is 3.02. The average molecular weight is 333 g/mol. The molecule has 124 valence electrons. The standard InChI is InChI=1S/C20H15NO4/c1-25-18-5-3-2-4-15(18)8-11-17(22)14-6-9-16(10-7-14)21-19(23)12-13-20(21)24/h2-13H,1H3/b11-8+. The highest BCUT2D eigenvalue weighted by Gasteiger charge is 2.24. The number of benzene rings is 2. The number of anilines is 1. The Balaban J connectivity index is 1.76. The maximum Gasteiger partial charge on any atom is 0.258 e. The molecule has 5 nitrogen and oxygen atoms in total. The lowest BCUT2D eigenvalue weighted by Crippen LogP contribution is -2.29. The number of ketones is 1. The summed E-state index contributed by atoms with van der Waals surface area (Å²) in [6.07, 6.45) is 5.59. The van der Waals surface area contributed by atoms with Crippen molar-refractivity contribution in [3.63, 3.8) is 0 Å². The van der Waals surface area contributed by atoms with Crippen molar-refractivity contribution in [1.29, 1.82) is 0 Å². The van der Waals surface area contributed by atoms with Gasteiger partial charge in [-0.05, 0) is 42.5 Å². The van der Waals surface area contributed by atoms with Gasteiger partial charge < -0.3 is 4.74 Å². The number of ether oxygens (including phenoxy) is 1. The van der Waals surface area contributed by atoms with Gasteiger partial charge in [-0.25, -0.2) is 4.90 Å². The minimum absolute atomic E-state index is 0.186. The number of carbonyl (C=O) groups excluding carboxylic acids is 3. The van der Waals surface area contributed by atoms with Crippen LogP contribution in [0.5, 0.6) is 5.75 Å². The molecule has 0 spiro atoms. The normalized spacial score (nSPS) is 13.7. The Labute approximate surface area is 144 Å². The van der Waals surface area contributed by atoms with Crippen LogP contribution in [-0.4, -0.2) is 24.7 Å². The average Bonchev–Trinajstić information content (AvgIpc) is 2.98. The van der Waals surface area contributed by atoms with Gasteiger partial charge in [0, 0.05) is 23.3 Å². The monoisotopic (exact) mass is 333 g/mol. The molecule has 0 radical (unpaired) electrons. The molecule has 1 heterocycles. The number of nitrogens with zero attached hydrogens (tertiary/aromatic N) is 1. The van der Waals surface area contributed by atoms with Gasteiger partial charge in [0.25, 0.3) is 11.8 Å². The molecule has 2 aromatic carbocycles. The van der Waals surface area contributed by atoms with Crippen LogP contribution >= 0.6 is 0 Å². The second-order valence-electron chi connectivity index (χ2n) is 5.33. The first kappa shape index (κ1) is 16.4. The van der Waals surface area contributed by atoms with E-state index in [-0.39, 0.29) is 17.6 Å². The summed E-state index contributed by atoms with van der Waals surface area (Å²) in [6.45, 7) is 0. The summed E-state index contributed by atoms with van der Waals surface area (Å²) >= 11 is 0. The van der Waals surface area contributed by atoms with Gasteiger partial charge >= 0.3 is 0 Å². The fraction of sp³-hybridized carbons (Fsp3) is 0.0500. The van der Waals surface area contributed by atoms with Gasteiger partial charge in [0.2, 0.25) is 0 Å². The van der Waals surface area contributed by atoms with Crippen molar-refractivity contribution in [1.82, 2.24) is 0 Å². The maximum absolute atomic E-state index is 12.3. The Hall–Kier alpha value is -3.47. The lowest BCUT2D eigenvalue weighted by atomic mass is 10.1. The number of imide groups is 1. The zero-order valence-corrected chi connectivity index (χ0v) is 13.5. The lowest BCUT2D eigenvalue weighted by Gasteiger charge is -2.13. The summed E-state index contributed by atoms with van der Waals surface area (Å²) in [5, 5.41) is 0.